The molecule has 0 saturated carbocycles. The van der Waals surface area contributed by atoms with E-state index in [1.165, 1.54) is 24.0 Å². The van der Waals surface area contributed by atoms with E-state index in [0.29, 0.717) is 25.0 Å². The number of rotatable bonds is 11. The van der Waals surface area contributed by atoms with Gasteiger partial charge in [-0.15, -0.1) is 0 Å². The highest BCUT2D eigenvalue weighted by Gasteiger charge is 2.57. The fourth-order valence-electron chi connectivity index (χ4n) is 2.99. The van der Waals surface area contributed by atoms with Crippen LogP contribution in [0.15, 0.2) is 17.4 Å². The van der Waals surface area contributed by atoms with Gasteiger partial charge in [-0.3, -0.25) is 4.99 Å². The molecule has 9 heteroatoms. The number of halogens is 3. The Bertz CT molecular complexity index is 603. The molecule has 0 aliphatic carbocycles. The van der Waals surface area contributed by atoms with Crippen molar-refractivity contribution in [1.29, 1.82) is 0 Å². The number of aromatic nitrogens is 2. The van der Waals surface area contributed by atoms with E-state index in [4.69, 9.17) is 0 Å². The molecule has 1 heterocycles. The molecule has 162 valence electrons. The molecule has 0 radical (unpaired) electrons. The van der Waals surface area contributed by atoms with Gasteiger partial charge in [0, 0.05) is 45.5 Å². The topological polar surface area (TPSA) is 74.5 Å². The van der Waals surface area contributed by atoms with Gasteiger partial charge in [-0.1, -0.05) is 33.1 Å². The fourth-order valence-corrected chi connectivity index (χ4v) is 2.99. The van der Waals surface area contributed by atoms with Gasteiger partial charge in [-0.05, 0) is 19.3 Å². The summed E-state index contributed by atoms with van der Waals surface area (Å²) in [5, 5.41) is 16.3. The predicted octanol–water partition coefficient (Wildman–Crippen LogP) is 3.33. The number of guanidine groups is 1. The second-order valence-electron chi connectivity index (χ2n) is 7.03. The van der Waals surface area contributed by atoms with E-state index in [-0.39, 0.29) is 6.54 Å². The zero-order valence-electron chi connectivity index (χ0n) is 17.3. The monoisotopic (exact) mass is 405 g/mol. The predicted molar refractivity (Wildman–Crippen MR) is 105 cm³/mol. The molecule has 0 aliphatic rings. The standard InChI is InChI=1S/C19H34F3N5O/c1-5-8-9-15(6-2)14-26-17(23-7-3)25-11-10-18(28,19(20,21)22)16-24-12-13-27(16)4/h12-13,15,28H,5-11,14H2,1-4H3,(H2,23,25,26). The van der Waals surface area contributed by atoms with E-state index >= 15 is 0 Å². The average molecular weight is 406 g/mol. The molecule has 0 fully saturated rings. The SMILES string of the molecule is CCCCC(CC)CN=C(NCC)NCCC(O)(c1nccn1C)C(F)(F)F. The zero-order valence-corrected chi connectivity index (χ0v) is 17.3. The third-order valence-electron chi connectivity index (χ3n) is 4.83. The average Bonchev–Trinajstić information content (AvgIpc) is 3.07. The Labute approximate surface area is 165 Å². The highest BCUT2D eigenvalue weighted by atomic mass is 19.4. The Balaban J connectivity index is 2.78. The molecule has 2 atom stereocenters. The fraction of sp³-hybridized carbons (Fsp3) is 0.789. The Morgan fingerprint density at radius 1 is 1.29 bits per heavy atom. The van der Waals surface area contributed by atoms with Crippen molar-refractivity contribution in [1.82, 2.24) is 20.2 Å². The van der Waals surface area contributed by atoms with Gasteiger partial charge in [-0.2, -0.15) is 13.2 Å². The summed E-state index contributed by atoms with van der Waals surface area (Å²) in [5.41, 5.74) is -3.03. The van der Waals surface area contributed by atoms with Crippen molar-refractivity contribution in [2.24, 2.45) is 18.0 Å². The van der Waals surface area contributed by atoms with Crippen LogP contribution in [0.3, 0.4) is 0 Å². The molecule has 1 aromatic rings. The third kappa shape index (κ3) is 6.68. The summed E-state index contributed by atoms with van der Waals surface area (Å²) in [6.07, 6.45) is 1.58. The zero-order chi connectivity index (χ0) is 21.2. The van der Waals surface area contributed by atoms with Crippen LogP contribution >= 0.6 is 0 Å². The molecule has 0 spiro atoms. The number of hydrogen-bond acceptors (Lipinski definition) is 3. The van der Waals surface area contributed by atoms with Gasteiger partial charge >= 0.3 is 6.18 Å². The lowest BCUT2D eigenvalue weighted by Crippen LogP contribution is -2.48. The molecule has 0 aliphatic heterocycles. The van der Waals surface area contributed by atoms with Crippen LogP contribution in [-0.4, -0.2) is 46.4 Å². The van der Waals surface area contributed by atoms with Crippen LogP contribution in [-0.2, 0) is 12.6 Å². The largest absolute Gasteiger partial charge is 0.424 e. The van der Waals surface area contributed by atoms with Gasteiger partial charge in [0.2, 0.25) is 5.60 Å². The number of alkyl halides is 3. The first kappa shape index (κ1) is 24.3. The van der Waals surface area contributed by atoms with E-state index < -0.39 is 24.0 Å². The first-order valence-corrected chi connectivity index (χ1v) is 9.98. The number of aliphatic hydroxyl groups is 1. The van der Waals surface area contributed by atoms with Crippen molar-refractivity contribution in [3.05, 3.63) is 18.2 Å². The van der Waals surface area contributed by atoms with Crippen LogP contribution in [0.4, 0.5) is 13.2 Å². The Hall–Kier alpha value is -1.77. The summed E-state index contributed by atoms with van der Waals surface area (Å²) in [6, 6.07) is 0. The maximum atomic E-state index is 13.6. The van der Waals surface area contributed by atoms with Crippen molar-refractivity contribution in [3.8, 4) is 0 Å². The molecular weight excluding hydrogens is 371 g/mol. The van der Waals surface area contributed by atoms with Gasteiger partial charge in [0.05, 0.1) is 0 Å². The van der Waals surface area contributed by atoms with Crippen molar-refractivity contribution < 1.29 is 18.3 Å². The third-order valence-corrected chi connectivity index (χ3v) is 4.83. The minimum absolute atomic E-state index is 0.0968. The smallest absolute Gasteiger partial charge is 0.374 e. The van der Waals surface area contributed by atoms with Gasteiger partial charge in [0.1, 0.15) is 5.82 Å². The Kier molecular flexibility index (Phi) is 9.78. The molecule has 0 amide bonds. The molecule has 1 rings (SSSR count). The summed E-state index contributed by atoms with van der Waals surface area (Å²) in [5.74, 6) is 0.492. The molecule has 6 nitrogen and oxygen atoms in total. The number of unbranched alkanes of at least 4 members (excludes halogenated alkanes) is 1. The summed E-state index contributed by atoms with van der Waals surface area (Å²) >= 11 is 0. The summed E-state index contributed by atoms with van der Waals surface area (Å²) in [7, 11) is 1.43. The second kappa shape index (κ2) is 11.3. The molecule has 28 heavy (non-hydrogen) atoms. The van der Waals surface area contributed by atoms with Crippen molar-refractivity contribution in [2.45, 2.75) is 64.7 Å². The molecule has 3 N–H and O–H groups in total. The minimum atomic E-state index is -4.84. The van der Waals surface area contributed by atoms with Crippen LogP contribution in [0.5, 0.6) is 0 Å². The van der Waals surface area contributed by atoms with Crippen LogP contribution in [0.2, 0.25) is 0 Å². The van der Waals surface area contributed by atoms with E-state index in [2.05, 4.69) is 34.5 Å². The number of nitrogens with one attached hydrogen (secondary N) is 2. The van der Waals surface area contributed by atoms with Gasteiger partial charge in [0.25, 0.3) is 0 Å². The normalized spacial score (nSPS) is 15.9. The van der Waals surface area contributed by atoms with Crippen molar-refractivity contribution in [2.75, 3.05) is 19.6 Å². The maximum absolute atomic E-state index is 13.6. The maximum Gasteiger partial charge on any atom is 0.424 e. The quantitative estimate of drug-likeness (QED) is 0.390. The molecule has 1 aromatic heterocycles. The molecule has 0 saturated heterocycles. The van der Waals surface area contributed by atoms with E-state index in [0.717, 1.165) is 25.7 Å². The van der Waals surface area contributed by atoms with E-state index in [1.54, 1.807) is 0 Å². The van der Waals surface area contributed by atoms with Gasteiger partial charge in [0.15, 0.2) is 5.96 Å². The van der Waals surface area contributed by atoms with Crippen LogP contribution < -0.4 is 10.6 Å². The van der Waals surface area contributed by atoms with Gasteiger partial charge < -0.3 is 20.3 Å². The van der Waals surface area contributed by atoms with Crippen LogP contribution in [0, 0.1) is 5.92 Å². The lowest BCUT2D eigenvalue weighted by molar-refractivity contribution is -0.272. The van der Waals surface area contributed by atoms with E-state index in [9.17, 15) is 18.3 Å². The molecule has 0 aromatic carbocycles. The lowest BCUT2D eigenvalue weighted by Gasteiger charge is -2.30. The second-order valence-corrected chi connectivity index (χ2v) is 7.03. The van der Waals surface area contributed by atoms with E-state index in [1.807, 2.05) is 6.92 Å². The summed E-state index contributed by atoms with van der Waals surface area (Å²) in [6.45, 7) is 7.28. The highest BCUT2D eigenvalue weighted by Crippen LogP contribution is 2.40. The Morgan fingerprint density at radius 3 is 2.50 bits per heavy atom. The number of imidazole rings is 1. The summed E-state index contributed by atoms with van der Waals surface area (Å²) in [4.78, 5) is 8.22. The first-order chi connectivity index (χ1) is 13.2. The molecular formula is C19H34F3N5O. The van der Waals surface area contributed by atoms with Crippen LogP contribution in [0.1, 0.15) is 58.7 Å². The van der Waals surface area contributed by atoms with Gasteiger partial charge in [-0.25, -0.2) is 4.98 Å². The van der Waals surface area contributed by atoms with Crippen LogP contribution in [0.25, 0.3) is 0 Å². The van der Waals surface area contributed by atoms with Crippen molar-refractivity contribution in [3.63, 3.8) is 0 Å². The number of aryl methyl sites for hydroxylation is 1. The minimum Gasteiger partial charge on any atom is -0.374 e. The summed E-state index contributed by atoms with van der Waals surface area (Å²) < 4.78 is 41.9. The highest BCUT2D eigenvalue weighted by molar-refractivity contribution is 5.79. The first-order valence-electron chi connectivity index (χ1n) is 9.98. The lowest BCUT2D eigenvalue weighted by atomic mass is 9.97. The number of hydrogen-bond donors (Lipinski definition) is 3. The van der Waals surface area contributed by atoms with Crippen molar-refractivity contribution >= 4 is 5.96 Å². The number of nitrogens with zero attached hydrogens (tertiary/aromatic N) is 3. The Morgan fingerprint density at radius 2 is 2.00 bits per heavy atom. The molecule has 2 unspecified atom stereocenters. The molecule has 0 bridgehead atoms. The number of aliphatic imine (C=N–C) groups is 1.